The van der Waals surface area contributed by atoms with Crippen molar-refractivity contribution in [3.63, 3.8) is 0 Å². The highest BCUT2D eigenvalue weighted by atomic mass is 16.6. The lowest BCUT2D eigenvalue weighted by Gasteiger charge is -2.30. The molecule has 1 unspecified atom stereocenters. The first-order chi connectivity index (χ1) is 9.38. The van der Waals surface area contributed by atoms with E-state index in [1.807, 2.05) is 20.8 Å². The lowest BCUT2D eigenvalue weighted by molar-refractivity contribution is -0.164. The minimum atomic E-state index is -0.498. The lowest BCUT2D eigenvalue weighted by atomic mass is 9.93. The molecular weight excluding hydrogens is 254 g/mol. The van der Waals surface area contributed by atoms with Crippen molar-refractivity contribution in [1.29, 1.82) is 0 Å². The van der Waals surface area contributed by atoms with Crippen molar-refractivity contribution in [1.82, 2.24) is 4.90 Å². The number of rotatable bonds is 2. The van der Waals surface area contributed by atoms with Crippen molar-refractivity contribution in [2.45, 2.75) is 64.5 Å². The van der Waals surface area contributed by atoms with Gasteiger partial charge in [0.1, 0.15) is 11.6 Å². The highest BCUT2D eigenvalue weighted by Crippen LogP contribution is 2.27. The summed E-state index contributed by atoms with van der Waals surface area (Å²) in [6, 6.07) is -0.382. The van der Waals surface area contributed by atoms with Crippen LogP contribution in [0.15, 0.2) is 12.2 Å². The molecule has 1 aliphatic carbocycles. The van der Waals surface area contributed by atoms with E-state index in [4.69, 9.17) is 4.74 Å². The van der Waals surface area contributed by atoms with E-state index < -0.39 is 5.60 Å². The van der Waals surface area contributed by atoms with Crippen LogP contribution in [0.3, 0.4) is 0 Å². The van der Waals surface area contributed by atoms with Crippen molar-refractivity contribution in [3.05, 3.63) is 12.2 Å². The summed E-state index contributed by atoms with van der Waals surface area (Å²) in [6.07, 6.45) is 8.47. The Labute approximate surface area is 121 Å². The summed E-state index contributed by atoms with van der Waals surface area (Å²) in [5.41, 5.74) is -0.498. The van der Waals surface area contributed by atoms with Gasteiger partial charge in [0.05, 0.1) is 0 Å². The van der Waals surface area contributed by atoms with Gasteiger partial charge in [0.25, 0.3) is 0 Å². The first-order valence-corrected chi connectivity index (χ1v) is 7.57. The zero-order valence-electron chi connectivity index (χ0n) is 12.7. The molecule has 0 saturated carbocycles. The molecule has 1 heterocycles. The quantitative estimate of drug-likeness (QED) is 0.576. The molecule has 0 bridgehead atoms. The average molecular weight is 279 g/mol. The number of nitrogens with zero attached hydrogens (tertiary/aromatic N) is 1. The van der Waals surface area contributed by atoms with Gasteiger partial charge in [0.2, 0.25) is 5.91 Å². The molecule has 0 N–H and O–H groups in total. The molecule has 2 aliphatic rings. The molecular formula is C16H25NO3. The summed E-state index contributed by atoms with van der Waals surface area (Å²) in [4.78, 5) is 26.5. The van der Waals surface area contributed by atoms with Crippen LogP contribution in [0.4, 0.5) is 0 Å². The second kappa shape index (κ2) is 5.98. The molecule has 2 atom stereocenters. The molecule has 2 rings (SSSR count). The number of allylic oxidation sites excluding steroid dienone is 2. The molecule has 0 aromatic rings. The van der Waals surface area contributed by atoms with Crippen molar-refractivity contribution >= 4 is 11.9 Å². The third kappa shape index (κ3) is 3.62. The van der Waals surface area contributed by atoms with Gasteiger partial charge >= 0.3 is 5.97 Å². The fraction of sp³-hybridized carbons (Fsp3) is 0.750. The van der Waals surface area contributed by atoms with Crippen LogP contribution in [-0.4, -0.2) is 35.0 Å². The number of hydrogen-bond donors (Lipinski definition) is 0. The maximum Gasteiger partial charge on any atom is 0.329 e. The van der Waals surface area contributed by atoms with Crippen LogP contribution < -0.4 is 0 Å². The van der Waals surface area contributed by atoms with Gasteiger partial charge in [-0.3, -0.25) is 4.79 Å². The largest absolute Gasteiger partial charge is 0.458 e. The Morgan fingerprint density at radius 2 is 1.95 bits per heavy atom. The average Bonchev–Trinajstić information content (AvgIpc) is 2.86. The number of ether oxygens (including phenoxy) is 1. The Balaban J connectivity index is 2.01. The van der Waals surface area contributed by atoms with Gasteiger partial charge in [-0.05, 0) is 52.9 Å². The fourth-order valence-corrected chi connectivity index (χ4v) is 2.90. The Kier molecular flexibility index (Phi) is 4.51. The summed E-state index contributed by atoms with van der Waals surface area (Å²) in [7, 11) is 0. The number of likely N-dealkylation sites (tertiary alicyclic amines) is 1. The van der Waals surface area contributed by atoms with Gasteiger partial charge < -0.3 is 9.64 Å². The first-order valence-electron chi connectivity index (χ1n) is 7.57. The van der Waals surface area contributed by atoms with Crippen LogP contribution in [-0.2, 0) is 14.3 Å². The van der Waals surface area contributed by atoms with Crippen LogP contribution in [0.5, 0.6) is 0 Å². The maximum atomic E-state index is 12.6. The first kappa shape index (κ1) is 15.1. The molecule has 20 heavy (non-hydrogen) atoms. The molecule has 1 fully saturated rings. The Bertz CT molecular complexity index is 408. The molecule has 4 nitrogen and oxygen atoms in total. The molecule has 1 amide bonds. The van der Waals surface area contributed by atoms with Gasteiger partial charge in [-0.2, -0.15) is 0 Å². The number of amides is 1. The molecule has 0 aromatic heterocycles. The van der Waals surface area contributed by atoms with Crippen LogP contribution in [0, 0.1) is 5.92 Å². The van der Waals surface area contributed by atoms with Crippen LogP contribution >= 0.6 is 0 Å². The molecule has 1 saturated heterocycles. The number of carbonyl (C=O) groups is 2. The highest BCUT2D eigenvalue weighted by molar-refractivity contribution is 5.86. The van der Waals surface area contributed by atoms with Crippen LogP contribution in [0.2, 0.25) is 0 Å². The summed E-state index contributed by atoms with van der Waals surface area (Å²) < 4.78 is 5.44. The summed E-state index contributed by atoms with van der Waals surface area (Å²) in [5.74, 6) is -0.0829. The van der Waals surface area contributed by atoms with E-state index in [1.54, 1.807) is 4.90 Å². The topological polar surface area (TPSA) is 46.6 Å². The predicted octanol–water partition coefficient (Wildman–Crippen LogP) is 2.68. The predicted molar refractivity (Wildman–Crippen MR) is 77.1 cm³/mol. The van der Waals surface area contributed by atoms with Crippen molar-refractivity contribution in [3.8, 4) is 0 Å². The highest BCUT2D eigenvalue weighted by Gasteiger charge is 2.38. The molecule has 1 aliphatic heterocycles. The van der Waals surface area contributed by atoms with Crippen molar-refractivity contribution in [2.75, 3.05) is 6.54 Å². The Morgan fingerprint density at radius 3 is 2.55 bits per heavy atom. The van der Waals surface area contributed by atoms with Gasteiger partial charge in [0.15, 0.2) is 0 Å². The van der Waals surface area contributed by atoms with E-state index in [2.05, 4.69) is 12.2 Å². The zero-order chi connectivity index (χ0) is 14.8. The van der Waals surface area contributed by atoms with Gasteiger partial charge in [-0.1, -0.05) is 12.2 Å². The van der Waals surface area contributed by atoms with E-state index in [0.29, 0.717) is 6.54 Å². The Hall–Kier alpha value is -1.32. The second-order valence-electron chi connectivity index (χ2n) is 6.70. The van der Waals surface area contributed by atoms with E-state index in [0.717, 1.165) is 32.1 Å². The third-order valence-electron chi connectivity index (χ3n) is 3.83. The van der Waals surface area contributed by atoms with Crippen LogP contribution in [0.1, 0.15) is 52.9 Å². The smallest absolute Gasteiger partial charge is 0.329 e. The summed E-state index contributed by atoms with van der Waals surface area (Å²) >= 11 is 0. The van der Waals surface area contributed by atoms with E-state index >= 15 is 0 Å². The number of carbonyl (C=O) groups excluding carboxylic acids is 2. The molecule has 0 aromatic carbocycles. The van der Waals surface area contributed by atoms with Gasteiger partial charge in [-0.15, -0.1) is 0 Å². The third-order valence-corrected chi connectivity index (χ3v) is 3.83. The Morgan fingerprint density at radius 1 is 1.20 bits per heavy atom. The molecule has 112 valence electrons. The maximum absolute atomic E-state index is 12.6. The number of esters is 1. The molecule has 4 heteroatoms. The minimum Gasteiger partial charge on any atom is -0.458 e. The molecule has 0 radical (unpaired) electrons. The van der Waals surface area contributed by atoms with Crippen LogP contribution in [0.25, 0.3) is 0 Å². The SMILES string of the molecule is CC(C)(C)OC(=O)[C@@H]1CCCN1C(=O)C1CC=CCC1. The lowest BCUT2D eigenvalue weighted by Crippen LogP contribution is -2.46. The van der Waals surface area contributed by atoms with Gasteiger partial charge in [-0.25, -0.2) is 4.79 Å². The fourth-order valence-electron chi connectivity index (χ4n) is 2.90. The standard InChI is InChI=1S/C16H25NO3/c1-16(2,3)20-15(19)13-10-7-11-17(13)14(18)12-8-5-4-6-9-12/h4-5,12-13H,6-11H2,1-3H3/t12?,13-/m0/s1. The normalized spacial score (nSPS) is 26.6. The van der Waals surface area contributed by atoms with E-state index in [9.17, 15) is 9.59 Å². The second-order valence-corrected chi connectivity index (χ2v) is 6.70. The zero-order valence-corrected chi connectivity index (χ0v) is 12.7. The van der Waals surface area contributed by atoms with E-state index in [-0.39, 0.29) is 23.8 Å². The summed E-state index contributed by atoms with van der Waals surface area (Å²) in [6.45, 7) is 6.26. The molecule has 0 spiro atoms. The van der Waals surface area contributed by atoms with Gasteiger partial charge in [0, 0.05) is 12.5 Å². The monoisotopic (exact) mass is 279 g/mol. The number of hydrogen-bond acceptors (Lipinski definition) is 3. The van der Waals surface area contributed by atoms with Crippen molar-refractivity contribution < 1.29 is 14.3 Å². The minimum absolute atomic E-state index is 0.0445. The van der Waals surface area contributed by atoms with Crippen molar-refractivity contribution in [2.24, 2.45) is 5.92 Å². The van der Waals surface area contributed by atoms with E-state index in [1.165, 1.54) is 0 Å². The summed E-state index contributed by atoms with van der Waals surface area (Å²) in [5, 5.41) is 0.